The number of aromatic amines is 1. The Morgan fingerprint density at radius 3 is 2.55 bits per heavy atom. The van der Waals surface area contributed by atoms with Crippen molar-refractivity contribution in [3.05, 3.63) is 56.1 Å². The lowest BCUT2D eigenvalue weighted by molar-refractivity contribution is 0.578. The second kappa shape index (κ2) is 7.50. The van der Waals surface area contributed by atoms with E-state index in [1.165, 1.54) is 29.5 Å². The van der Waals surface area contributed by atoms with Crippen LogP contribution in [-0.4, -0.2) is 27.7 Å². The molecule has 3 aromatic rings. The van der Waals surface area contributed by atoms with Crippen LogP contribution in [0.1, 0.15) is 55.8 Å². The summed E-state index contributed by atoms with van der Waals surface area (Å²) in [6.45, 7) is 14.3. The van der Waals surface area contributed by atoms with Crippen molar-refractivity contribution in [3.63, 3.8) is 0 Å². The highest BCUT2D eigenvalue weighted by Gasteiger charge is 2.15. The molecule has 1 N–H and O–H groups in total. The predicted molar refractivity (Wildman–Crippen MR) is 118 cm³/mol. The van der Waals surface area contributed by atoms with Crippen molar-refractivity contribution in [1.82, 2.24) is 14.6 Å². The highest BCUT2D eigenvalue weighted by molar-refractivity contribution is 5.58. The highest BCUT2D eigenvalue weighted by atomic mass is 16.1. The van der Waals surface area contributed by atoms with Crippen LogP contribution < -0.4 is 21.2 Å². The van der Waals surface area contributed by atoms with Crippen LogP contribution in [0, 0.1) is 13.8 Å². The van der Waals surface area contributed by atoms with Crippen LogP contribution in [0.4, 0.5) is 11.4 Å². The molecule has 1 aliphatic heterocycles. The molecule has 0 unspecified atom stereocenters. The summed E-state index contributed by atoms with van der Waals surface area (Å²) in [7, 11) is 0. The van der Waals surface area contributed by atoms with Gasteiger partial charge in [0, 0.05) is 24.3 Å². The lowest BCUT2D eigenvalue weighted by Crippen LogP contribution is -2.29. The van der Waals surface area contributed by atoms with Gasteiger partial charge in [-0.3, -0.25) is 9.89 Å². The molecule has 6 nitrogen and oxygen atoms in total. The third kappa shape index (κ3) is 3.48. The minimum absolute atomic E-state index is 0.0952. The van der Waals surface area contributed by atoms with Gasteiger partial charge in [0.2, 0.25) is 0 Å². The molecule has 0 spiro atoms. The molecule has 29 heavy (non-hydrogen) atoms. The van der Waals surface area contributed by atoms with Crippen LogP contribution >= 0.6 is 0 Å². The Kier molecular flexibility index (Phi) is 5.03. The molecule has 1 aromatic carbocycles. The maximum absolute atomic E-state index is 12.8. The van der Waals surface area contributed by atoms with Crippen molar-refractivity contribution in [2.75, 3.05) is 18.0 Å². The molecule has 1 aliphatic rings. The van der Waals surface area contributed by atoms with E-state index < -0.39 is 0 Å². The molecular weight excluding hydrogens is 362 g/mol. The van der Waals surface area contributed by atoms with Gasteiger partial charge in [-0.25, -0.2) is 9.98 Å². The van der Waals surface area contributed by atoms with Crippen molar-refractivity contribution < 1.29 is 0 Å². The quantitative estimate of drug-likeness (QED) is 0.746. The minimum Gasteiger partial charge on any atom is -0.372 e. The van der Waals surface area contributed by atoms with E-state index in [0.717, 1.165) is 30.0 Å². The molecule has 152 valence electrons. The Hall–Kier alpha value is -2.89. The second-order valence-corrected chi connectivity index (χ2v) is 8.31. The SMILES string of the molecule is C=c1[nH]n2c(=O)c(C)c(C(C)C)nc2c1=Nc1ccc(N2CCCCC2)cc1C. The molecule has 0 saturated carbocycles. The Balaban J connectivity index is 1.85. The molecule has 0 bridgehead atoms. The smallest absolute Gasteiger partial charge is 0.275 e. The van der Waals surface area contributed by atoms with E-state index in [-0.39, 0.29) is 11.5 Å². The zero-order chi connectivity index (χ0) is 20.7. The molecule has 4 rings (SSSR count). The molecule has 6 heteroatoms. The average molecular weight is 392 g/mol. The molecule has 0 amide bonds. The van der Waals surface area contributed by atoms with Gasteiger partial charge in [-0.1, -0.05) is 20.4 Å². The third-order valence-electron chi connectivity index (χ3n) is 5.77. The standard InChI is InChI=1S/C23H29N5O/c1-14(2)20-16(4)23(29)28-22(25-20)21(17(5)26-28)24-19-10-9-18(13-15(19)3)27-11-7-6-8-12-27/h9-10,13-14,26H,5-8,11-12H2,1-4H3. The summed E-state index contributed by atoms with van der Waals surface area (Å²) < 4.78 is 1.46. The predicted octanol–water partition coefficient (Wildman–Crippen LogP) is 3.11. The maximum Gasteiger partial charge on any atom is 0.275 e. The van der Waals surface area contributed by atoms with Crippen molar-refractivity contribution in [3.8, 4) is 0 Å². The molecule has 1 fully saturated rings. The number of aromatic nitrogens is 3. The van der Waals surface area contributed by atoms with Crippen LogP contribution in [0.2, 0.25) is 0 Å². The van der Waals surface area contributed by atoms with E-state index in [2.05, 4.69) is 41.7 Å². The first kappa shape index (κ1) is 19.4. The number of nitrogens with zero attached hydrogens (tertiary/aromatic N) is 4. The summed E-state index contributed by atoms with van der Waals surface area (Å²) in [5, 5.41) is 4.25. The summed E-state index contributed by atoms with van der Waals surface area (Å²) >= 11 is 0. The third-order valence-corrected chi connectivity index (χ3v) is 5.77. The van der Waals surface area contributed by atoms with Crippen LogP contribution in [-0.2, 0) is 0 Å². The van der Waals surface area contributed by atoms with Crippen molar-refractivity contribution >= 4 is 23.6 Å². The van der Waals surface area contributed by atoms with Crippen molar-refractivity contribution in [1.29, 1.82) is 0 Å². The van der Waals surface area contributed by atoms with Gasteiger partial charge in [0.25, 0.3) is 5.56 Å². The van der Waals surface area contributed by atoms with E-state index >= 15 is 0 Å². The van der Waals surface area contributed by atoms with E-state index in [4.69, 9.17) is 9.98 Å². The summed E-state index contributed by atoms with van der Waals surface area (Å²) in [6, 6.07) is 6.39. The zero-order valence-corrected chi connectivity index (χ0v) is 17.7. The van der Waals surface area contributed by atoms with Gasteiger partial charge in [-0.15, -0.1) is 0 Å². The lowest BCUT2D eigenvalue weighted by Gasteiger charge is -2.29. The molecule has 0 atom stereocenters. The van der Waals surface area contributed by atoms with E-state index in [1.807, 2.05) is 20.8 Å². The number of H-pyrrole nitrogens is 1. The molecule has 2 aromatic heterocycles. The van der Waals surface area contributed by atoms with Gasteiger partial charge < -0.3 is 4.90 Å². The Labute approximate surface area is 170 Å². The van der Waals surface area contributed by atoms with Gasteiger partial charge in [0.15, 0.2) is 5.65 Å². The van der Waals surface area contributed by atoms with Crippen molar-refractivity contribution in [2.45, 2.75) is 52.9 Å². The number of benzene rings is 1. The minimum atomic E-state index is -0.0952. The number of nitrogens with one attached hydrogen (secondary N) is 1. The molecule has 0 aliphatic carbocycles. The molecule has 3 heterocycles. The number of piperidine rings is 1. The Morgan fingerprint density at radius 1 is 1.17 bits per heavy atom. The first-order valence-electron chi connectivity index (χ1n) is 10.4. The summed E-state index contributed by atoms with van der Waals surface area (Å²) in [6.07, 6.45) is 3.83. The molecule has 1 saturated heterocycles. The topological polar surface area (TPSA) is 65.8 Å². The van der Waals surface area contributed by atoms with Crippen molar-refractivity contribution in [2.24, 2.45) is 4.99 Å². The average Bonchev–Trinajstić information content (AvgIpc) is 3.02. The van der Waals surface area contributed by atoms with Gasteiger partial charge in [-0.05, 0) is 62.8 Å². The number of aryl methyl sites for hydroxylation is 1. The Bertz CT molecular complexity index is 1230. The van der Waals surface area contributed by atoms with Gasteiger partial charge in [-0.2, -0.15) is 4.52 Å². The fraction of sp³-hybridized carbons (Fsp3) is 0.435. The number of rotatable bonds is 3. The molecular formula is C23H29N5O. The van der Waals surface area contributed by atoms with Crippen LogP contribution in [0.25, 0.3) is 12.2 Å². The highest BCUT2D eigenvalue weighted by Crippen LogP contribution is 2.26. The number of anilines is 1. The summed E-state index contributed by atoms with van der Waals surface area (Å²) in [5.41, 5.74) is 5.14. The number of hydrogen-bond donors (Lipinski definition) is 1. The van der Waals surface area contributed by atoms with E-state index in [9.17, 15) is 4.79 Å². The monoisotopic (exact) mass is 391 g/mol. The van der Waals surface area contributed by atoms with Gasteiger partial charge >= 0.3 is 0 Å². The van der Waals surface area contributed by atoms with Gasteiger partial charge in [0.05, 0.1) is 16.7 Å². The Morgan fingerprint density at radius 2 is 1.90 bits per heavy atom. The van der Waals surface area contributed by atoms with E-state index in [1.54, 1.807) is 0 Å². The zero-order valence-electron chi connectivity index (χ0n) is 17.7. The second-order valence-electron chi connectivity index (χ2n) is 8.31. The first-order chi connectivity index (χ1) is 13.9. The number of fused-ring (bicyclic) bond motifs is 1. The summed E-state index contributed by atoms with van der Waals surface area (Å²) in [5.74, 6) is 0.161. The first-order valence-corrected chi connectivity index (χ1v) is 10.4. The fourth-order valence-corrected chi connectivity index (χ4v) is 4.12. The lowest BCUT2D eigenvalue weighted by atomic mass is 10.1. The van der Waals surface area contributed by atoms with Gasteiger partial charge in [0.1, 0.15) is 5.36 Å². The largest absolute Gasteiger partial charge is 0.372 e. The van der Waals surface area contributed by atoms with E-state index in [0.29, 0.717) is 21.9 Å². The van der Waals surface area contributed by atoms with Crippen LogP contribution in [0.3, 0.4) is 0 Å². The normalized spacial score (nSPS) is 15.6. The maximum atomic E-state index is 12.8. The van der Waals surface area contributed by atoms with Crippen LogP contribution in [0.15, 0.2) is 28.0 Å². The number of hydrogen-bond acceptors (Lipinski definition) is 4. The molecule has 0 radical (unpaired) electrons. The summed E-state index contributed by atoms with van der Waals surface area (Å²) in [4.78, 5) is 24.8. The fourth-order valence-electron chi connectivity index (χ4n) is 4.12. The van der Waals surface area contributed by atoms with Crippen LogP contribution in [0.5, 0.6) is 0 Å².